The van der Waals surface area contributed by atoms with Crippen LogP contribution in [0.3, 0.4) is 0 Å². The van der Waals surface area contributed by atoms with Gasteiger partial charge in [-0.1, -0.05) is 30.2 Å². The predicted molar refractivity (Wildman–Crippen MR) is 56.0 cm³/mol. The summed E-state index contributed by atoms with van der Waals surface area (Å²) in [6, 6.07) is 6.37. The first-order valence-corrected chi connectivity index (χ1v) is 4.97. The van der Waals surface area contributed by atoms with E-state index in [1.165, 1.54) is 30.4 Å². The van der Waals surface area contributed by atoms with Crippen molar-refractivity contribution in [3.63, 3.8) is 0 Å². The number of aryl methyl sites for hydroxylation is 2. The molecule has 0 N–H and O–H groups in total. The van der Waals surface area contributed by atoms with Crippen molar-refractivity contribution in [2.75, 3.05) is 0 Å². The number of fused-ring (bicyclic) bond motifs is 1. The molecule has 1 aliphatic carbocycles. The van der Waals surface area contributed by atoms with Crippen molar-refractivity contribution in [1.82, 2.24) is 0 Å². The Bertz CT molecular complexity index is 392. The van der Waals surface area contributed by atoms with E-state index in [9.17, 15) is 0 Å². The average molecular weight is 187 g/mol. The van der Waals surface area contributed by atoms with Crippen LogP contribution in [-0.4, -0.2) is 0 Å². The molecule has 72 valence electrons. The highest BCUT2D eigenvalue weighted by Gasteiger charge is 2.12. The standard InChI is InChI=1S/C11H13N3/c1-8(13-14-12)10-6-5-9-3-2-4-11(9)7-10/h5-8H,2-4H2,1H3/t8-/m0/s1. The van der Waals surface area contributed by atoms with Gasteiger partial charge in [0.05, 0.1) is 6.04 Å². The Morgan fingerprint density at radius 3 is 2.93 bits per heavy atom. The van der Waals surface area contributed by atoms with Gasteiger partial charge < -0.3 is 0 Å². The van der Waals surface area contributed by atoms with Crippen LogP contribution in [0.1, 0.15) is 36.1 Å². The number of hydrogen-bond donors (Lipinski definition) is 0. The molecule has 0 spiro atoms. The van der Waals surface area contributed by atoms with E-state index in [0.717, 1.165) is 5.56 Å². The fourth-order valence-corrected chi connectivity index (χ4v) is 2.00. The summed E-state index contributed by atoms with van der Waals surface area (Å²) in [7, 11) is 0. The van der Waals surface area contributed by atoms with Crippen LogP contribution in [0.25, 0.3) is 10.4 Å². The first-order valence-electron chi connectivity index (χ1n) is 4.97. The molecule has 0 heterocycles. The molecule has 1 aliphatic rings. The maximum Gasteiger partial charge on any atom is 0.0597 e. The third kappa shape index (κ3) is 1.59. The van der Waals surface area contributed by atoms with Crippen molar-refractivity contribution in [3.05, 3.63) is 45.3 Å². The van der Waals surface area contributed by atoms with Crippen molar-refractivity contribution in [2.24, 2.45) is 5.11 Å². The molecule has 0 radical (unpaired) electrons. The van der Waals surface area contributed by atoms with E-state index in [-0.39, 0.29) is 6.04 Å². The van der Waals surface area contributed by atoms with Crippen molar-refractivity contribution >= 4 is 0 Å². The Hall–Kier alpha value is -1.47. The fraction of sp³-hybridized carbons (Fsp3) is 0.455. The van der Waals surface area contributed by atoms with Gasteiger partial charge in [-0.15, -0.1) is 0 Å². The summed E-state index contributed by atoms with van der Waals surface area (Å²) in [6.45, 7) is 1.93. The van der Waals surface area contributed by atoms with Gasteiger partial charge in [0.2, 0.25) is 0 Å². The van der Waals surface area contributed by atoms with Crippen LogP contribution in [0.4, 0.5) is 0 Å². The average Bonchev–Trinajstić information content (AvgIpc) is 2.64. The summed E-state index contributed by atoms with van der Waals surface area (Å²) in [6.07, 6.45) is 3.63. The molecule has 1 aromatic rings. The molecule has 3 heteroatoms. The maximum absolute atomic E-state index is 8.35. The number of hydrogen-bond acceptors (Lipinski definition) is 1. The van der Waals surface area contributed by atoms with Crippen LogP contribution in [0, 0.1) is 0 Å². The second-order valence-electron chi connectivity index (χ2n) is 3.76. The van der Waals surface area contributed by atoms with Gasteiger partial charge >= 0.3 is 0 Å². The Morgan fingerprint density at radius 2 is 2.14 bits per heavy atom. The van der Waals surface area contributed by atoms with Gasteiger partial charge in [0.15, 0.2) is 0 Å². The molecule has 14 heavy (non-hydrogen) atoms. The highest BCUT2D eigenvalue weighted by molar-refractivity contribution is 5.36. The predicted octanol–water partition coefficient (Wildman–Crippen LogP) is 3.55. The lowest BCUT2D eigenvalue weighted by molar-refractivity contribution is 0.805. The molecule has 3 nitrogen and oxygen atoms in total. The third-order valence-electron chi connectivity index (χ3n) is 2.83. The van der Waals surface area contributed by atoms with Crippen molar-refractivity contribution in [1.29, 1.82) is 0 Å². The molecule has 0 aromatic heterocycles. The van der Waals surface area contributed by atoms with Gasteiger partial charge in [0.1, 0.15) is 0 Å². The minimum Gasteiger partial charge on any atom is -0.0862 e. The minimum absolute atomic E-state index is 0.0501. The van der Waals surface area contributed by atoms with Gasteiger partial charge in [-0.3, -0.25) is 0 Å². The van der Waals surface area contributed by atoms with Gasteiger partial charge in [-0.05, 0) is 41.5 Å². The largest absolute Gasteiger partial charge is 0.0862 e. The molecule has 0 amide bonds. The normalized spacial score (nSPS) is 15.8. The quantitative estimate of drug-likeness (QED) is 0.386. The van der Waals surface area contributed by atoms with Crippen molar-refractivity contribution in [3.8, 4) is 0 Å². The van der Waals surface area contributed by atoms with E-state index < -0.39 is 0 Å². The smallest absolute Gasteiger partial charge is 0.0597 e. The van der Waals surface area contributed by atoms with Gasteiger partial charge in [-0.2, -0.15) is 0 Å². The summed E-state index contributed by atoms with van der Waals surface area (Å²) in [5.74, 6) is 0. The van der Waals surface area contributed by atoms with Crippen LogP contribution < -0.4 is 0 Å². The highest BCUT2D eigenvalue weighted by Crippen LogP contribution is 2.26. The lowest BCUT2D eigenvalue weighted by atomic mass is 10.0. The molecule has 2 rings (SSSR count). The molecular weight excluding hydrogens is 174 g/mol. The molecule has 0 saturated heterocycles. The van der Waals surface area contributed by atoms with E-state index in [1.807, 2.05) is 6.92 Å². The lowest BCUT2D eigenvalue weighted by Crippen LogP contribution is -1.91. The summed E-state index contributed by atoms with van der Waals surface area (Å²) in [5.41, 5.74) is 12.4. The fourth-order valence-electron chi connectivity index (χ4n) is 2.00. The SMILES string of the molecule is C[C@H](N=[N+]=[N-])c1ccc2c(c1)CCC2. The summed E-state index contributed by atoms with van der Waals surface area (Å²) >= 11 is 0. The van der Waals surface area contributed by atoms with E-state index in [0.29, 0.717) is 0 Å². The lowest BCUT2D eigenvalue weighted by Gasteiger charge is -2.07. The maximum atomic E-state index is 8.35. The number of nitrogens with zero attached hydrogens (tertiary/aromatic N) is 3. The molecule has 0 bridgehead atoms. The Kier molecular flexibility index (Phi) is 2.42. The Balaban J connectivity index is 2.32. The Labute approximate surface area is 83.4 Å². The van der Waals surface area contributed by atoms with Crippen molar-refractivity contribution in [2.45, 2.75) is 32.2 Å². The zero-order valence-corrected chi connectivity index (χ0v) is 8.27. The molecule has 0 unspecified atom stereocenters. The van der Waals surface area contributed by atoms with Crippen LogP contribution >= 0.6 is 0 Å². The second-order valence-corrected chi connectivity index (χ2v) is 3.76. The summed E-state index contributed by atoms with van der Waals surface area (Å²) < 4.78 is 0. The van der Waals surface area contributed by atoms with Gasteiger partial charge in [0, 0.05) is 4.91 Å². The minimum atomic E-state index is -0.0501. The molecule has 0 fully saturated rings. The van der Waals surface area contributed by atoms with E-state index in [1.54, 1.807) is 0 Å². The molecule has 1 atom stereocenters. The molecule has 0 aliphatic heterocycles. The van der Waals surface area contributed by atoms with Crippen molar-refractivity contribution < 1.29 is 0 Å². The summed E-state index contributed by atoms with van der Waals surface area (Å²) in [4.78, 5) is 2.83. The first kappa shape index (κ1) is 9.10. The zero-order valence-electron chi connectivity index (χ0n) is 8.27. The monoisotopic (exact) mass is 187 g/mol. The number of azide groups is 1. The topological polar surface area (TPSA) is 48.8 Å². The van der Waals surface area contributed by atoms with E-state index in [4.69, 9.17) is 5.53 Å². The zero-order chi connectivity index (χ0) is 9.97. The molecule has 0 saturated carbocycles. The second kappa shape index (κ2) is 3.72. The number of benzene rings is 1. The third-order valence-corrected chi connectivity index (χ3v) is 2.83. The number of rotatable bonds is 2. The first-order chi connectivity index (χ1) is 6.81. The van der Waals surface area contributed by atoms with Crippen LogP contribution in [0.15, 0.2) is 23.3 Å². The van der Waals surface area contributed by atoms with Crippen LogP contribution in [0.2, 0.25) is 0 Å². The highest BCUT2D eigenvalue weighted by atomic mass is 15.1. The van der Waals surface area contributed by atoms with Gasteiger partial charge in [-0.25, -0.2) is 0 Å². The molecular formula is C11H13N3. The van der Waals surface area contributed by atoms with E-state index in [2.05, 4.69) is 28.2 Å². The van der Waals surface area contributed by atoms with Gasteiger partial charge in [0.25, 0.3) is 0 Å². The van der Waals surface area contributed by atoms with Crippen LogP contribution in [-0.2, 0) is 12.8 Å². The van der Waals surface area contributed by atoms with E-state index >= 15 is 0 Å². The van der Waals surface area contributed by atoms with Crippen LogP contribution in [0.5, 0.6) is 0 Å². The Morgan fingerprint density at radius 1 is 1.36 bits per heavy atom. The summed E-state index contributed by atoms with van der Waals surface area (Å²) in [5, 5.41) is 3.70. The molecule has 1 aromatic carbocycles.